The van der Waals surface area contributed by atoms with E-state index in [-0.39, 0.29) is 0 Å². The third kappa shape index (κ3) is 2.90. The molecule has 2 heterocycles. The fourth-order valence-corrected chi connectivity index (χ4v) is 2.53. The van der Waals surface area contributed by atoms with Crippen LogP contribution in [-0.2, 0) is 13.0 Å². The Kier molecular flexibility index (Phi) is 3.88. The summed E-state index contributed by atoms with van der Waals surface area (Å²) in [5.74, 6) is 2.25. The number of nitrogens with zero attached hydrogens (tertiary/aromatic N) is 4. The molecular weight excluding hydrogens is 332 g/mol. The van der Waals surface area contributed by atoms with Crippen molar-refractivity contribution in [2.24, 2.45) is 0 Å². The molecule has 1 aromatic carbocycles. The summed E-state index contributed by atoms with van der Waals surface area (Å²) >= 11 is 3.51. The average molecular weight is 347 g/mol. The third-order valence-corrected chi connectivity index (χ3v) is 4.33. The second kappa shape index (κ2) is 5.81. The van der Waals surface area contributed by atoms with E-state index in [0.717, 1.165) is 28.0 Å². The minimum atomic E-state index is 0.561. The van der Waals surface area contributed by atoms with Gasteiger partial charge in [0, 0.05) is 35.4 Å². The molecule has 21 heavy (non-hydrogen) atoms. The van der Waals surface area contributed by atoms with Crippen molar-refractivity contribution in [1.29, 1.82) is 0 Å². The van der Waals surface area contributed by atoms with Crippen LogP contribution in [0.25, 0.3) is 11.5 Å². The second-order valence-electron chi connectivity index (χ2n) is 4.85. The van der Waals surface area contributed by atoms with Crippen LogP contribution in [0, 0.1) is 13.8 Å². The van der Waals surface area contributed by atoms with E-state index in [1.165, 1.54) is 0 Å². The highest BCUT2D eigenvalue weighted by molar-refractivity contribution is 9.10. The molecule has 0 saturated heterocycles. The van der Waals surface area contributed by atoms with Crippen molar-refractivity contribution in [2.45, 2.75) is 26.8 Å². The lowest BCUT2D eigenvalue weighted by atomic mass is 10.1. The summed E-state index contributed by atoms with van der Waals surface area (Å²) < 4.78 is 8.49. The number of rotatable bonds is 4. The summed E-state index contributed by atoms with van der Waals surface area (Å²) in [6.07, 6.45) is 4.46. The van der Waals surface area contributed by atoms with Crippen molar-refractivity contribution >= 4 is 15.9 Å². The quantitative estimate of drug-likeness (QED) is 0.724. The molecule has 3 rings (SSSR count). The van der Waals surface area contributed by atoms with E-state index in [4.69, 9.17) is 4.52 Å². The second-order valence-corrected chi connectivity index (χ2v) is 5.70. The minimum absolute atomic E-state index is 0.561. The van der Waals surface area contributed by atoms with Crippen molar-refractivity contribution in [3.05, 3.63) is 52.3 Å². The smallest absolute Gasteiger partial charge is 0.258 e. The van der Waals surface area contributed by atoms with Gasteiger partial charge < -0.3 is 9.09 Å². The summed E-state index contributed by atoms with van der Waals surface area (Å²) in [4.78, 5) is 8.68. The van der Waals surface area contributed by atoms with E-state index in [0.29, 0.717) is 18.1 Å². The van der Waals surface area contributed by atoms with E-state index in [2.05, 4.69) is 35.6 Å². The Morgan fingerprint density at radius 2 is 2.14 bits per heavy atom. The van der Waals surface area contributed by atoms with Crippen molar-refractivity contribution in [2.75, 3.05) is 0 Å². The first-order valence-corrected chi connectivity index (χ1v) is 7.50. The molecule has 0 unspecified atom stereocenters. The summed E-state index contributed by atoms with van der Waals surface area (Å²) in [5.41, 5.74) is 2.06. The zero-order valence-electron chi connectivity index (χ0n) is 11.9. The molecular formula is C15H15BrN4O. The number of hydrogen-bond donors (Lipinski definition) is 0. The van der Waals surface area contributed by atoms with Gasteiger partial charge in [0.05, 0.1) is 0 Å². The highest BCUT2D eigenvalue weighted by atomic mass is 79.9. The maximum absolute atomic E-state index is 5.38. The monoisotopic (exact) mass is 346 g/mol. The lowest BCUT2D eigenvalue weighted by Crippen LogP contribution is -2.03. The van der Waals surface area contributed by atoms with Crippen LogP contribution in [0.2, 0.25) is 0 Å². The van der Waals surface area contributed by atoms with E-state index < -0.39 is 0 Å². The number of aryl methyl sites for hydroxylation is 3. The molecule has 0 aliphatic carbocycles. The average Bonchev–Trinajstić information content (AvgIpc) is 3.09. The molecule has 0 bridgehead atoms. The van der Waals surface area contributed by atoms with Crippen LogP contribution in [0.3, 0.4) is 0 Å². The van der Waals surface area contributed by atoms with Gasteiger partial charge in [0.15, 0.2) is 5.82 Å². The molecule has 0 fully saturated rings. The molecule has 0 N–H and O–H groups in total. The standard InChI is InChI=1S/C15H15BrN4O/c1-10-12(4-3-5-13(10)16)15-18-14(19-21-15)6-8-20-9-7-17-11(20)2/h3-5,7,9H,6,8H2,1-2H3. The first-order chi connectivity index (χ1) is 10.1. The molecule has 108 valence electrons. The summed E-state index contributed by atoms with van der Waals surface area (Å²) in [7, 11) is 0. The topological polar surface area (TPSA) is 56.7 Å². The van der Waals surface area contributed by atoms with Crippen LogP contribution in [0.4, 0.5) is 0 Å². The minimum Gasteiger partial charge on any atom is -0.335 e. The summed E-state index contributed by atoms with van der Waals surface area (Å²) in [6.45, 7) is 4.80. The molecule has 0 aliphatic heterocycles. The Hall–Kier alpha value is -1.95. The highest BCUT2D eigenvalue weighted by Gasteiger charge is 2.12. The molecule has 0 radical (unpaired) electrons. The zero-order valence-corrected chi connectivity index (χ0v) is 13.5. The lowest BCUT2D eigenvalue weighted by Gasteiger charge is -2.02. The highest BCUT2D eigenvalue weighted by Crippen LogP contribution is 2.27. The Morgan fingerprint density at radius 1 is 1.29 bits per heavy atom. The van der Waals surface area contributed by atoms with Crippen LogP contribution in [0.15, 0.2) is 39.6 Å². The van der Waals surface area contributed by atoms with Crippen molar-refractivity contribution in [3.8, 4) is 11.5 Å². The van der Waals surface area contributed by atoms with Gasteiger partial charge in [-0.05, 0) is 31.5 Å². The number of hydrogen-bond acceptors (Lipinski definition) is 4. The van der Waals surface area contributed by atoms with Gasteiger partial charge in [-0.15, -0.1) is 0 Å². The lowest BCUT2D eigenvalue weighted by molar-refractivity contribution is 0.420. The van der Waals surface area contributed by atoms with E-state index >= 15 is 0 Å². The third-order valence-electron chi connectivity index (χ3n) is 3.47. The fraction of sp³-hybridized carbons (Fsp3) is 0.267. The van der Waals surface area contributed by atoms with Crippen LogP contribution in [0.5, 0.6) is 0 Å². The molecule has 0 atom stereocenters. The molecule has 3 aromatic rings. The van der Waals surface area contributed by atoms with Crippen molar-refractivity contribution < 1.29 is 4.52 Å². The number of halogens is 1. The first-order valence-electron chi connectivity index (χ1n) is 6.71. The van der Waals surface area contributed by atoms with Gasteiger partial charge in [-0.2, -0.15) is 4.98 Å². The van der Waals surface area contributed by atoms with Crippen LogP contribution in [-0.4, -0.2) is 19.7 Å². The van der Waals surface area contributed by atoms with Crippen molar-refractivity contribution in [3.63, 3.8) is 0 Å². The van der Waals surface area contributed by atoms with Crippen LogP contribution >= 0.6 is 15.9 Å². The van der Waals surface area contributed by atoms with Gasteiger partial charge in [-0.1, -0.05) is 27.2 Å². The van der Waals surface area contributed by atoms with E-state index in [9.17, 15) is 0 Å². The summed E-state index contributed by atoms with van der Waals surface area (Å²) in [5, 5.41) is 4.06. The Balaban J connectivity index is 1.77. The Bertz CT molecular complexity index is 763. The molecule has 0 aliphatic rings. The normalized spacial score (nSPS) is 11.0. The largest absolute Gasteiger partial charge is 0.335 e. The summed E-state index contributed by atoms with van der Waals surface area (Å²) in [6, 6.07) is 5.94. The maximum Gasteiger partial charge on any atom is 0.258 e. The maximum atomic E-state index is 5.38. The molecule has 6 heteroatoms. The Morgan fingerprint density at radius 3 is 2.90 bits per heavy atom. The number of benzene rings is 1. The van der Waals surface area contributed by atoms with Gasteiger partial charge in [-0.25, -0.2) is 4.98 Å². The molecule has 5 nitrogen and oxygen atoms in total. The van der Waals surface area contributed by atoms with E-state index in [1.807, 2.05) is 38.2 Å². The molecule has 0 amide bonds. The van der Waals surface area contributed by atoms with Gasteiger partial charge in [0.25, 0.3) is 5.89 Å². The van der Waals surface area contributed by atoms with Crippen LogP contribution < -0.4 is 0 Å². The first kappa shape index (κ1) is 14.0. The Labute approximate surface area is 131 Å². The molecule has 0 spiro atoms. The molecule has 2 aromatic heterocycles. The van der Waals surface area contributed by atoms with Gasteiger partial charge in [-0.3, -0.25) is 0 Å². The SMILES string of the molecule is Cc1c(Br)cccc1-c1nc(CCn2ccnc2C)no1. The van der Waals surface area contributed by atoms with E-state index in [1.54, 1.807) is 6.20 Å². The van der Waals surface area contributed by atoms with Crippen LogP contribution in [0.1, 0.15) is 17.2 Å². The number of imidazole rings is 1. The van der Waals surface area contributed by atoms with Gasteiger partial charge >= 0.3 is 0 Å². The van der Waals surface area contributed by atoms with Gasteiger partial charge in [0.2, 0.25) is 0 Å². The predicted octanol–water partition coefficient (Wildman–Crippen LogP) is 3.56. The molecule has 0 saturated carbocycles. The van der Waals surface area contributed by atoms with Crippen molar-refractivity contribution in [1.82, 2.24) is 19.7 Å². The fourth-order valence-electron chi connectivity index (χ4n) is 2.16. The predicted molar refractivity (Wildman–Crippen MR) is 82.8 cm³/mol. The number of aromatic nitrogens is 4. The zero-order chi connectivity index (χ0) is 14.8. The van der Waals surface area contributed by atoms with Gasteiger partial charge in [0.1, 0.15) is 5.82 Å².